The van der Waals surface area contributed by atoms with Crippen LogP contribution in [0.5, 0.6) is 0 Å². The predicted octanol–water partition coefficient (Wildman–Crippen LogP) is 2.66. The number of nitrogens with zero attached hydrogens (tertiary/aromatic N) is 1. The van der Waals surface area contributed by atoms with Gasteiger partial charge in [0.15, 0.2) is 0 Å². The Bertz CT molecular complexity index is 793. The molecule has 0 aliphatic rings. The van der Waals surface area contributed by atoms with Crippen LogP contribution in [0.25, 0.3) is 22.4 Å². The second-order valence-electron chi connectivity index (χ2n) is 4.57. The van der Waals surface area contributed by atoms with E-state index in [1.165, 1.54) is 0 Å². The molecule has 0 bridgehead atoms. The average molecular weight is 267 g/mol. The largest absolute Gasteiger partial charge is 0.338 e. The van der Waals surface area contributed by atoms with Gasteiger partial charge in [0, 0.05) is 11.1 Å². The number of aromatic nitrogens is 2. The number of carbonyl (C=O) groups excluding carboxylic acids is 1. The summed E-state index contributed by atoms with van der Waals surface area (Å²) < 4.78 is 0. The molecule has 1 amide bonds. The van der Waals surface area contributed by atoms with Crippen molar-refractivity contribution in [3.63, 3.8) is 0 Å². The number of hydroxylamine groups is 1. The summed E-state index contributed by atoms with van der Waals surface area (Å²) >= 11 is 0. The number of amides is 1. The summed E-state index contributed by atoms with van der Waals surface area (Å²) in [5.41, 5.74) is 5.67. The van der Waals surface area contributed by atoms with Gasteiger partial charge in [-0.15, -0.1) is 0 Å². The monoisotopic (exact) mass is 267 g/mol. The summed E-state index contributed by atoms with van der Waals surface area (Å²) in [7, 11) is 0. The molecular formula is C15H13N3O2. The first-order chi connectivity index (χ1) is 9.69. The molecule has 0 unspecified atom stereocenters. The second-order valence-corrected chi connectivity index (χ2v) is 4.57. The minimum Gasteiger partial charge on any atom is -0.338 e. The van der Waals surface area contributed by atoms with Crippen LogP contribution in [0.3, 0.4) is 0 Å². The number of aryl methyl sites for hydroxylation is 1. The van der Waals surface area contributed by atoms with Gasteiger partial charge in [-0.05, 0) is 30.7 Å². The average Bonchev–Trinajstić information content (AvgIpc) is 2.89. The number of carbonyl (C=O) groups is 1. The fraction of sp³-hybridized carbons (Fsp3) is 0.0667. The van der Waals surface area contributed by atoms with Crippen LogP contribution >= 0.6 is 0 Å². The summed E-state index contributed by atoms with van der Waals surface area (Å²) in [5, 5.41) is 8.65. The fourth-order valence-corrected chi connectivity index (χ4v) is 2.18. The minimum atomic E-state index is -0.543. The number of H-pyrrole nitrogens is 1. The lowest BCUT2D eigenvalue weighted by molar-refractivity contribution is 0.0706. The van der Waals surface area contributed by atoms with Gasteiger partial charge in [0.25, 0.3) is 5.91 Å². The molecule has 3 N–H and O–H groups in total. The molecule has 0 radical (unpaired) electrons. The van der Waals surface area contributed by atoms with Gasteiger partial charge in [0.2, 0.25) is 0 Å². The molecule has 0 saturated carbocycles. The van der Waals surface area contributed by atoms with Crippen molar-refractivity contribution in [1.29, 1.82) is 0 Å². The molecule has 5 heteroatoms. The van der Waals surface area contributed by atoms with Crippen LogP contribution in [0.2, 0.25) is 0 Å². The van der Waals surface area contributed by atoms with Crippen LogP contribution in [-0.2, 0) is 0 Å². The zero-order valence-electron chi connectivity index (χ0n) is 10.8. The molecule has 0 spiro atoms. The third kappa shape index (κ3) is 2.04. The van der Waals surface area contributed by atoms with E-state index in [1.54, 1.807) is 23.7 Å². The molecule has 1 heterocycles. The van der Waals surface area contributed by atoms with Gasteiger partial charge >= 0.3 is 0 Å². The van der Waals surface area contributed by atoms with Gasteiger partial charge in [0.05, 0.1) is 11.0 Å². The number of fused-ring (bicyclic) bond motifs is 1. The highest BCUT2D eigenvalue weighted by molar-refractivity contribution is 5.97. The number of hydrogen-bond acceptors (Lipinski definition) is 3. The molecule has 2 aromatic carbocycles. The summed E-state index contributed by atoms with van der Waals surface area (Å²) in [6.45, 7) is 2.02. The number of hydrogen-bond donors (Lipinski definition) is 3. The van der Waals surface area contributed by atoms with Crippen molar-refractivity contribution < 1.29 is 10.0 Å². The lowest BCUT2D eigenvalue weighted by Gasteiger charge is -2.00. The van der Waals surface area contributed by atoms with Crippen molar-refractivity contribution in [2.45, 2.75) is 6.92 Å². The van der Waals surface area contributed by atoms with E-state index in [9.17, 15) is 4.79 Å². The van der Waals surface area contributed by atoms with Gasteiger partial charge in [-0.1, -0.05) is 24.3 Å². The third-order valence-electron chi connectivity index (χ3n) is 3.25. The maximum Gasteiger partial charge on any atom is 0.274 e. The van der Waals surface area contributed by atoms with Crippen molar-refractivity contribution in [1.82, 2.24) is 15.4 Å². The molecule has 3 aromatic rings. The van der Waals surface area contributed by atoms with E-state index >= 15 is 0 Å². The normalized spacial score (nSPS) is 10.7. The Balaban J connectivity index is 2.12. The number of rotatable bonds is 2. The Morgan fingerprint density at radius 1 is 1.25 bits per heavy atom. The van der Waals surface area contributed by atoms with E-state index in [4.69, 9.17) is 5.21 Å². The van der Waals surface area contributed by atoms with Crippen LogP contribution in [0, 0.1) is 6.92 Å². The van der Waals surface area contributed by atoms with E-state index < -0.39 is 5.91 Å². The molecule has 20 heavy (non-hydrogen) atoms. The Morgan fingerprint density at radius 2 is 2.05 bits per heavy atom. The van der Waals surface area contributed by atoms with Gasteiger partial charge in [-0.25, -0.2) is 10.5 Å². The SMILES string of the molecule is Cc1ccccc1-c1nc2ccc(C(=O)NO)cc2[nH]1. The van der Waals surface area contributed by atoms with E-state index in [2.05, 4.69) is 9.97 Å². The Labute approximate surface area is 115 Å². The van der Waals surface area contributed by atoms with Crippen LogP contribution < -0.4 is 5.48 Å². The first-order valence-corrected chi connectivity index (χ1v) is 6.19. The van der Waals surface area contributed by atoms with Crippen molar-refractivity contribution in [3.05, 3.63) is 53.6 Å². The topological polar surface area (TPSA) is 78.0 Å². The van der Waals surface area contributed by atoms with Crippen LogP contribution in [-0.4, -0.2) is 21.1 Å². The molecule has 0 aliphatic carbocycles. The molecule has 1 aromatic heterocycles. The highest BCUT2D eigenvalue weighted by atomic mass is 16.5. The number of benzene rings is 2. The second kappa shape index (κ2) is 4.79. The molecule has 5 nitrogen and oxygen atoms in total. The van der Waals surface area contributed by atoms with Crippen molar-refractivity contribution in [2.24, 2.45) is 0 Å². The zero-order valence-corrected chi connectivity index (χ0v) is 10.8. The quantitative estimate of drug-likeness (QED) is 0.493. The molecule has 0 fully saturated rings. The molecule has 0 aliphatic heterocycles. The first kappa shape index (κ1) is 12.4. The van der Waals surface area contributed by atoms with E-state index in [0.29, 0.717) is 5.56 Å². The molecular weight excluding hydrogens is 254 g/mol. The summed E-state index contributed by atoms with van der Waals surface area (Å²) in [4.78, 5) is 19.1. The Morgan fingerprint density at radius 3 is 2.80 bits per heavy atom. The smallest absolute Gasteiger partial charge is 0.274 e. The zero-order chi connectivity index (χ0) is 14.1. The Kier molecular flexibility index (Phi) is 2.96. The highest BCUT2D eigenvalue weighted by Gasteiger charge is 2.10. The van der Waals surface area contributed by atoms with Crippen molar-refractivity contribution in [2.75, 3.05) is 0 Å². The van der Waals surface area contributed by atoms with E-state index in [1.807, 2.05) is 31.2 Å². The van der Waals surface area contributed by atoms with Gasteiger partial charge < -0.3 is 4.98 Å². The Hall–Kier alpha value is -2.66. The predicted molar refractivity (Wildman–Crippen MR) is 75.5 cm³/mol. The maximum atomic E-state index is 11.4. The standard InChI is InChI=1S/C15H13N3O2/c1-9-4-2-3-5-11(9)14-16-12-7-6-10(15(19)18-20)8-13(12)17-14/h2-8,20H,1H3,(H,16,17)(H,18,19). The van der Waals surface area contributed by atoms with Crippen molar-refractivity contribution >= 4 is 16.9 Å². The first-order valence-electron chi connectivity index (χ1n) is 6.19. The minimum absolute atomic E-state index is 0.375. The molecule has 3 rings (SSSR count). The van der Waals surface area contributed by atoms with E-state index in [0.717, 1.165) is 28.0 Å². The van der Waals surface area contributed by atoms with Crippen LogP contribution in [0.1, 0.15) is 15.9 Å². The van der Waals surface area contributed by atoms with Gasteiger partial charge in [-0.2, -0.15) is 0 Å². The van der Waals surface area contributed by atoms with E-state index in [-0.39, 0.29) is 0 Å². The summed E-state index contributed by atoms with van der Waals surface area (Å²) in [6, 6.07) is 13.0. The third-order valence-corrected chi connectivity index (χ3v) is 3.25. The van der Waals surface area contributed by atoms with Gasteiger partial charge in [-0.3, -0.25) is 10.0 Å². The molecule has 100 valence electrons. The number of imidazole rings is 1. The van der Waals surface area contributed by atoms with Crippen molar-refractivity contribution in [3.8, 4) is 11.4 Å². The molecule has 0 saturated heterocycles. The summed E-state index contributed by atoms with van der Waals surface area (Å²) in [6.07, 6.45) is 0. The van der Waals surface area contributed by atoms with Crippen LogP contribution in [0.15, 0.2) is 42.5 Å². The molecule has 0 atom stereocenters. The number of aromatic amines is 1. The summed E-state index contributed by atoms with van der Waals surface area (Å²) in [5.74, 6) is 0.221. The van der Waals surface area contributed by atoms with Crippen LogP contribution in [0.4, 0.5) is 0 Å². The lowest BCUT2D eigenvalue weighted by atomic mass is 10.1. The highest BCUT2D eigenvalue weighted by Crippen LogP contribution is 2.23. The lowest BCUT2D eigenvalue weighted by Crippen LogP contribution is -2.18. The number of nitrogens with one attached hydrogen (secondary N) is 2. The van der Waals surface area contributed by atoms with Gasteiger partial charge in [0.1, 0.15) is 5.82 Å². The fourth-order valence-electron chi connectivity index (χ4n) is 2.18. The maximum absolute atomic E-state index is 11.4.